The van der Waals surface area contributed by atoms with E-state index in [-0.39, 0.29) is 11.7 Å². The van der Waals surface area contributed by atoms with E-state index in [0.29, 0.717) is 16.9 Å². The molecule has 0 spiro atoms. The van der Waals surface area contributed by atoms with Gasteiger partial charge in [0.25, 0.3) is 5.91 Å². The smallest absolute Gasteiger partial charge is 0.280 e. The molecule has 1 saturated heterocycles. The Kier molecular flexibility index (Phi) is 3.74. The highest BCUT2D eigenvalue weighted by atomic mass is 19.1. The number of amides is 1. The van der Waals surface area contributed by atoms with Crippen LogP contribution in [0.4, 0.5) is 15.8 Å². The predicted molar refractivity (Wildman–Crippen MR) is 116 cm³/mol. The maximum atomic E-state index is 15.5. The number of H-pyrrole nitrogens is 1. The molecule has 2 aliphatic rings. The van der Waals surface area contributed by atoms with Gasteiger partial charge >= 0.3 is 0 Å². The van der Waals surface area contributed by atoms with Crippen molar-refractivity contribution < 1.29 is 9.18 Å². The summed E-state index contributed by atoms with van der Waals surface area (Å²) in [5.41, 5.74) is 5.62. The van der Waals surface area contributed by atoms with E-state index < -0.39 is 6.04 Å². The highest BCUT2D eigenvalue weighted by molar-refractivity contribution is 6.11. The van der Waals surface area contributed by atoms with Crippen molar-refractivity contribution in [3.8, 4) is 0 Å². The first kappa shape index (κ1) is 18.1. The van der Waals surface area contributed by atoms with Crippen molar-refractivity contribution >= 4 is 28.3 Å². The maximum absolute atomic E-state index is 15.5. The lowest BCUT2D eigenvalue weighted by Crippen LogP contribution is -2.37. The second-order valence-corrected chi connectivity index (χ2v) is 8.20. The molecule has 8 heteroatoms. The van der Waals surface area contributed by atoms with Crippen molar-refractivity contribution in [2.24, 2.45) is 7.05 Å². The first-order chi connectivity index (χ1) is 15.0. The van der Waals surface area contributed by atoms with Gasteiger partial charge in [0.2, 0.25) is 0 Å². The van der Waals surface area contributed by atoms with Gasteiger partial charge < -0.3 is 9.88 Å². The fourth-order valence-corrected chi connectivity index (χ4v) is 4.61. The summed E-state index contributed by atoms with van der Waals surface area (Å²) >= 11 is 0. The zero-order chi connectivity index (χ0) is 21.3. The Hall–Kier alpha value is -3.68. The molecule has 2 aliphatic heterocycles. The number of carbonyl (C=O) groups excluding carboxylic acids is 1. The van der Waals surface area contributed by atoms with Crippen LogP contribution in [-0.2, 0) is 7.05 Å². The standard InChI is InChI=1S/C23H21FN6O/c1-13-20-21(27-28(13)2)23(31)30(15-5-7-18-19(11-15)26-12-25-18)22(20)16-6-4-14(10-17(16)24)29-8-3-9-29/h4-7,10-12,22H,3,8-9H2,1-2H3,(H,25,26). The van der Waals surface area contributed by atoms with Crippen LogP contribution in [0, 0.1) is 12.7 Å². The summed E-state index contributed by atoms with van der Waals surface area (Å²) in [7, 11) is 1.81. The second kappa shape index (κ2) is 6.41. The van der Waals surface area contributed by atoms with Crippen LogP contribution >= 0.6 is 0 Å². The van der Waals surface area contributed by atoms with Crippen LogP contribution in [0.5, 0.6) is 0 Å². The third kappa shape index (κ3) is 2.54. The zero-order valence-electron chi connectivity index (χ0n) is 17.3. The Bertz CT molecular complexity index is 1350. The molecular weight excluding hydrogens is 395 g/mol. The van der Waals surface area contributed by atoms with E-state index >= 15 is 4.39 Å². The molecule has 31 heavy (non-hydrogen) atoms. The number of hydrogen-bond donors (Lipinski definition) is 1. The van der Waals surface area contributed by atoms with Crippen molar-refractivity contribution in [2.45, 2.75) is 19.4 Å². The van der Waals surface area contributed by atoms with Gasteiger partial charge in [-0.15, -0.1) is 0 Å². The number of fused-ring (bicyclic) bond motifs is 2. The van der Waals surface area contributed by atoms with Crippen LogP contribution in [-0.4, -0.2) is 38.7 Å². The molecule has 1 N–H and O–H groups in total. The molecule has 0 radical (unpaired) electrons. The summed E-state index contributed by atoms with van der Waals surface area (Å²) in [5.74, 6) is -0.547. The van der Waals surface area contributed by atoms with Gasteiger partial charge in [-0.25, -0.2) is 9.37 Å². The molecule has 6 rings (SSSR count). The minimum Gasteiger partial charge on any atom is -0.371 e. The lowest BCUT2D eigenvalue weighted by molar-refractivity contribution is 0.0988. The second-order valence-electron chi connectivity index (χ2n) is 8.20. The third-order valence-corrected chi connectivity index (χ3v) is 6.52. The van der Waals surface area contributed by atoms with Crippen LogP contribution in [0.25, 0.3) is 11.0 Å². The van der Waals surface area contributed by atoms with E-state index in [2.05, 4.69) is 20.0 Å². The minimum absolute atomic E-state index is 0.232. The van der Waals surface area contributed by atoms with Crippen LogP contribution in [0.2, 0.25) is 0 Å². The van der Waals surface area contributed by atoms with E-state index in [4.69, 9.17) is 0 Å². The Morgan fingerprint density at radius 3 is 2.68 bits per heavy atom. The summed E-state index contributed by atoms with van der Waals surface area (Å²) in [6.45, 7) is 3.81. The Labute approximate surface area is 178 Å². The number of carbonyl (C=O) groups is 1. The molecule has 0 saturated carbocycles. The number of benzene rings is 2. The molecule has 4 heterocycles. The highest BCUT2D eigenvalue weighted by Crippen LogP contribution is 2.44. The number of nitrogens with one attached hydrogen (secondary N) is 1. The van der Waals surface area contributed by atoms with Gasteiger partial charge in [-0.2, -0.15) is 5.10 Å². The molecule has 7 nitrogen and oxygen atoms in total. The molecule has 1 fully saturated rings. The highest BCUT2D eigenvalue weighted by Gasteiger charge is 2.44. The number of aryl methyl sites for hydroxylation is 1. The fourth-order valence-electron chi connectivity index (χ4n) is 4.61. The molecule has 156 valence electrons. The summed E-state index contributed by atoms with van der Waals surface area (Å²) < 4.78 is 17.2. The average Bonchev–Trinajstić information content (AvgIpc) is 3.36. The van der Waals surface area contributed by atoms with Gasteiger partial charge in [0, 0.05) is 48.3 Å². The molecule has 1 atom stereocenters. The first-order valence-corrected chi connectivity index (χ1v) is 10.4. The largest absolute Gasteiger partial charge is 0.371 e. The normalized spacial score (nSPS) is 18.0. The topological polar surface area (TPSA) is 70.0 Å². The summed E-state index contributed by atoms with van der Waals surface area (Å²) in [4.78, 5) is 24.6. The van der Waals surface area contributed by atoms with Gasteiger partial charge in [-0.1, -0.05) is 6.07 Å². The molecular formula is C23H21FN6O. The number of imidazole rings is 1. The SMILES string of the molecule is Cc1c2c(nn1C)C(=O)N(c1ccc3[nH]cnc3c1)C2c1ccc(N2CCC2)cc1F. The van der Waals surface area contributed by atoms with Gasteiger partial charge in [-0.3, -0.25) is 14.4 Å². The molecule has 2 aromatic carbocycles. The van der Waals surface area contributed by atoms with Crippen LogP contribution in [0.3, 0.4) is 0 Å². The lowest BCUT2D eigenvalue weighted by Gasteiger charge is -2.34. The third-order valence-electron chi connectivity index (χ3n) is 6.52. The van der Waals surface area contributed by atoms with Crippen LogP contribution in [0.1, 0.15) is 39.8 Å². The Balaban J connectivity index is 1.52. The fraction of sp³-hybridized carbons (Fsp3) is 0.261. The summed E-state index contributed by atoms with van der Waals surface area (Å²) in [6.07, 6.45) is 2.74. The van der Waals surface area contributed by atoms with E-state index in [1.54, 1.807) is 29.0 Å². The number of aromatic nitrogens is 4. The van der Waals surface area contributed by atoms with E-state index in [9.17, 15) is 4.79 Å². The minimum atomic E-state index is -0.585. The number of hydrogen-bond acceptors (Lipinski definition) is 4. The summed E-state index contributed by atoms with van der Waals surface area (Å²) in [5, 5.41) is 4.45. The number of nitrogens with zero attached hydrogens (tertiary/aromatic N) is 5. The lowest BCUT2D eigenvalue weighted by atomic mass is 9.97. The van der Waals surface area contributed by atoms with Crippen molar-refractivity contribution in [1.29, 1.82) is 0 Å². The van der Waals surface area contributed by atoms with E-state index in [0.717, 1.165) is 47.5 Å². The van der Waals surface area contributed by atoms with Gasteiger partial charge in [0.05, 0.1) is 23.4 Å². The quantitative estimate of drug-likeness (QED) is 0.553. The average molecular weight is 416 g/mol. The number of rotatable bonds is 3. The molecule has 1 unspecified atom stereocenters. The number of aromatic amines is 1. The van der Waals surface area contributed by atoms with Crippen LogP contribution < -0.4 is 9.80 Å². The number of halogens is 1. The maximum Gasteiger partial charge on any atom is 0.280 e. The van der Waals surface area contributed by atoms with Crippen molar-refractivity contribution in [3.05, 3.63) is 71.1 Å². The first-order valence-electron chi connectivity index (χ1n) is 10.4. The zero-order valence-corrected chi connectivity index (χ0v) is 17.3. The van der Waals surface area contributed by atoms with Crippen molar-refractivity contribution in [1.82, 2.24) is 19.7 Å². The molecule has 0 bridgehead atoms. The molecule has 2 aromatic heterocycles. The molecule has 0 aliphatic carbocycles. The molecule has 4 aromatic rings. The molecule has 1 amide bonds. The Morgan fingerprint density at radius 1 is 1.13 bits per heavy atom. The predicted octanol–water partition coefficient (Wildman–Crippen LogP) is 3.70. The van der Waals surface area contributed by atoms with Gasteiger partial charge in [-0.05, 0) is 43.7 Å². The van der Waals surface area contributed by atoms with Crippen molar-refractivity contribution in [2.75, 3.05) is 22.9 Å². The van der Waals surface area contributed by atoms with Gasteiger partial charge in [0.15, 0.2) is 5.69 Å². The van der Waals surface area contributed by atoms with Crippen molar-refractivity contribution in [3.63, 3.8) is 0 Å². The van der Waals surface area contributed by atoms with E-state index in [1.165, 1.54) is 0 Å². The Morgan fingerprint density at radius 2 is 1.94 bits per heavy atom. The van der Waals surface area contributed by atoms with Gasteiger partial charge in [0.1, 0.15) is 5.82 Å². The summed E-state index contributed by atoms with van der Waals surface area (Å²) in [6, 6.07) is 10.3. The van der Waals surface area contributed by atoms with Crippen LogP contribution in [0.15, 0.2) is 42.7 Å². The monoisotopic (exact) mass is 416 g/mol. The van der Waals surface area contributed by atoms with E-state index in [1.807, 2.05) is 37.3 Å². The number of anilines is 2.